The van der Waals surface area contributed by atoms with Crippen LogP contribution in [0.5, 0.6) is 5.75 Å². The molecule has 0 fully saturated rings. The van der Waals surface area contributed by atoms with E-state index in [-0.39, 0.29) is 22.1 Å². The number of halogens is 3. The van der Waals surface area contributed by atoms with E-state index in [1.54, 1.807) is 30.0 Å². The lowest BCUT2D eigenvalue weighted by Gasteiger charge is -2.37. The van der Waals surface area contributed by atoms with Crippen molar-refractivity contribution in [3.63, 3.8) is 0 Å². The van der Waals surface area contributed by atoms with Gasteiger partial charge in [-0.15, -0.1) is 0 Å². The van der Waals surface area contributed by atoms with Gasteiger partial charge in [0.25, 0.3) is 0 Å². The molecule has 0 bridgehead atoms. The number of fused-ring (bicyclic) bond motifs is 3. The van der Waals surface area contributed by atoms with E-state index in [9.17, 15) is 4.39 Å². The van der Waals surface area contributed by atoms with Crippen molar-refractivity contribution in [2.75, 3.05) is 82.2 Å². The minimum atomic E-state index is -0.324. The van der Waals surface area contributed by atoms with E-state index in [0.717, 1.165) is 33.6 Å². The van der Waals surface area contributed by atoms with Crippen LogP contribution >= 0.6 is 27.5 Å². The zero-order chi connectivity index (χ0) is 74.5. The van der Waals surface area contributed by atoms with Crippen LogP contribution in [0.1, 0.15) is 155 Å². The molecule has 0 aromatic heterocycles. The first-order valence-electron chi connectivity index (χ1n) is 40.5. The third-order valence-electron chi connectivity index (χ3n) is 26.1. The molecular weight excluding hydrogens is 1420 g/mol. The van der Waals surface area contributed by atoms with E-state index in [1.807, 2.05) is 18.2 Å². The van der Waals surface area contributed by atoms with E-state index in [2.05, 4.69) is 280 Å². The molecule has 109 heavy (non-hydrogen) atoms. The Balaban J connectivity index is 0.000000120. The van der Waals surface area contributed by atoms with Gasteiger partial charge < -0.3 is 19.4 Å². The Morgan fingerprint density at radius 3 is 1.41 bits per heavy atom. The standard InChI is InChI=1S/C37H36ClN2.C31H31BrFN2.C31H37N2O/c1-39-34-18-17-32(38)24-33(34)37(25-27-10-4-2-5-11-27,26-28-12-6-3-7-13-28)35(39)19-16-29-22-30-14-8-20-40-21-9-15-31(23-29)36(30)40;1-31(20-24-12-13-25(32)19-27(24)33)26-9-3-4-10-28(26)34(2)29(31)14-11-21-17-22-7-5-15-35-16-6-8-23(18-21)30(22)35;1-31(25-11-5-4-6-12-25)27-21-26(34-3)14-15-28(27)32(2)29(31)16-13-22-19-23-9-7-17-33-18-8-10-24(20-22)30(23)33/h2-7,10-13,16-19,22-24H,8-9,14-15,20-21,25-26H2,1H3;3-4,9-14,17-19H,5-8,15-16,20H2,1-2H3;5,11,13-16,19-21,25H,4,6-10,12,17-18H2,1-3H3/q3*+1. The van der Waals surface area contributed by atoms with Crippen molar-refractivity contribution < 1.29 is 22.9 Å². The van der Waals surface area contributed by atoms with E-state index in [0.29, 0.717) is 12.3 Å². The second-order valence-electron chi connectivity index (χ2n) is 32.9. The van der Waals surface area contributed by atoms with Gasteiger partial charge in [-0.3, -0.25) is 0 Å². The number of hydrogen-bond donors (Lipinski definition) is 0. The molecule has 9 aliphatic heterocycles. The van der Waals surface area contributed by atoms with Crippen LogP contribution in [-0.4, -0.2) is 98.4 Å². The largest absolute Gasteiger partial charge is 0.497 e. The molecule has 7 nitrogen and oxygen atoms in total. The number of benzene rings is 9. The number of nitrogens with zero attached hydrogens (tertiary/aromatic N) is 6. The fourth-order valence-electron chi connectivity index (χ4n) is 21.0. The predicted octanol–water partition coefficient (Wildman–Crippen LogP) is 21.9. The van der Waals surface area contributed by atoms with Gasteiger partial charge in [-0.25, -0.2) is 4.39 Å². The molecule has 10 heteroatoms. The predicted molar refractivity (Wildman–Crippen MR) is 457 cm³/mol. The Labute approximate surface area is 660 Å². The Bertz CT molecular complexity index is 5120. The van der Waals surface area contributed by atoms with Crippen molar-refractivity contribution in [1.29, 1.82) is 0 Å². The average Bonchev–Trinajstić information content (AvgIpc) is 1.61. The Morgan fingerprint density at radius 1 is 0.468 bits per heavy atom. The number of allylic oxidation sites excluding steroid dienone is 5. The smallest absolute Gasteiger partial charge is 0.209 e. The molecule has 0 radical (unpaired) electrons. The van der Waals surface area contributed by atoms with Gasteiger partial charge >= 0.3 is 0 Å². The molecule has 3 unspecified atom stereocenters. The minimum absolute atomic E-state index is 0.0642. The molecule has 0 saturated carbocycles. The molecule has 0 saturated heterocycles. The average molecular weight is 1530 g/mol. The number of methoxy groups -OCH3 is 1. The lowest BCUT2D eigenvalue weighted by molar-refractivity contribution is -0.401. The van der Waals surface area contributed by atoms with Crippen LogP contribution in [0.2, 0.25) is 5.02 Å². The maximum Gasteiger partial charge on any atom is 0.209 e. The van der Waals surface area contributed by atoms with Crippen LogP contribution in [0.25, 0.3) is 18.2 Å². The van der Waals surface area contributed by atoms with Crippen molar-refractivity contribution in [2.24, 2.45) is 5.92 Å². The fourth-order valence-corrected chi connectivity index (χ4v) is 21.5. The third kappa shape index (κ3) is 13.8. The topological polar surface area (TPSA) is 28.0 Å². The summed E-state index contributed by atoms with van der Waals surface area (Å²) in [6.07, 6.45) is 39.8. The number of hydrogen-bond acceptors (Lipinski definition) is 4. The molecule has 0 spiro atoms. The molecule has 9 aromatic carbocycles. The molecule has 1 aliphatic carbocycles. The minimum Gasteiger partial charge on any atom is -0.497 e. The Kier molecular flexibility index (Phi) is 20.4. The number of anilines is 3. The Morgan fingerprint density at radius 2 is 0.917 bits per heavy atom. The maximum absolute atomic E-state index is 14.9. The fraction of sp³-hybridized carbons (Fsp3) is 0.343. The number of rotatable bonds is 14. The van der Waals surface area contributed by atoms with E-state index < -0.39 is 0 Å². The highest BCUT2D eigenvalue weighted by Crippen LogP contribution is 2.51. The van der Waals surface area contributed by atoms with Gasteiger partial charge in [-0.2, -0.15) is 13.7 Å². The van der Waals surface area contributed by atoms with Gasteiger partial charge in [0.2, 0.25) is 17.1 Å². The molecule has 0 amide bonds. The summed E-state index contributed by atoms with van der Waals surface area (Å²) in [6.45, 7) is 12.0. The molecule has 0 N–H and O–H groups in total. The van der Waals surface area contributed by atoms with E-state index >= 15 is 0 Å². The summed E-state index contributed by atoms with van der Waals surface area (Å²) in [5.74, 6) is 1.28. The van der Waals surface area contributed by atoms with Gasteiger partial charge in [0.1, 0.15) is 32.7 Å². The first-order valence-corrected chi connectivity index (χ1v) is 41.7. The summed E-state index contributed by atoms with van der Waals surface area (Å²) in [6, 6.07) is 63.4. The molecule has 19 rings (SSSR count). The van der Waals surface area contributed by atoms with Crippen molar-refractivity contribution in [1.82, 2.24) is 0 Å². The van der Waals surface area contributed by atoms with E-state index in [4.69, 9.17) is 16.3 Å². The van der Waals surface area contributed by atoms with Crippen LogP contribution in [-0.2, 0) is 74.0 Å². The SMILES string of the molecule is COc1ccc2c(c1)C(C)(C1C=CCCC1)C(/C=C/c1cc3c4c(c1)CCCN4CCC3)=[N+]2C.C[N+]1=C(/C=C/c2cc3c4c(c2)CCCN4CCC3)C(C)(Cc2ccc(Br)cc2F)c2ccccc21.C[N+]1=C(/C=C/c2cc3c4c(c2)CCCN4CCC3)C(Cc2ccccc2)(Cc2ccccc2)c2cc(Cl)ccc21. The molecule has 10 aliphatic rings. The van der Waals surface area contributed by atoms with Gasteiger partial charge in [0.15, 0.2) is 17.1 Å². The van der Waals surface area contributed by atoms with Crippen molar-refractivity contribution in [3.05, 3.63) is 305 Å². The van der Waals surface area contributed by atoms with Gasteiger partial charge in [-0.1, -0.05) is 125 Å². The van der Waals surface area contributed by atoms with Gasteiger partial charge in [0.05, 0.1) is 23.4 Å². The van der Waals surface area contributed by atoms with Crippen molar-refractivity contribution >= 4 is 97.0 Å². The first-order chi connectivity index (χ1) is 53.1. The second kappa shape index (κ2) is 30.6. The summed E-state index contributed by atoms with van der Waals surface area (Å²) in [4.78, 5) is 7.84. The van der Waals surface area contributed by atoms with Crippen molar-refractivity contribution in [3.8, 4) is 5.75 Å². The highest BCUT2D eigenvalue weighted by atomic mass is 79.9. The summed E-state index contributed by atoms with van der Waals surface area (Å²) in [5, 5.41) is 0.793. The quantitative estimate of drug-likeness (QED) is 0.0801. The monoisotopic (exact) mass is 1530 g/mol. The van der Waals surface area contributed by atoms with Crippen LogP contribution in [0, 0.1) is 11.7 Å². The molecule has 9 aromatic rings. The van der Waals surface area contributed by atoms with Crippen LogP contribution in [0.3, 0.4) is 0 Å². The molecule has 554 valence electrons. The highest BCUT2D eigenvalue weighted by molar-refractivity contribution is 9.10. The van der Waals surface area contributed by atoms with Crippen molar-refractivity contribution in [2.45, 2.75) is 146 Å². The highest BCUT2D eigenvalue weighted by Gasteiger charge is 2.53. The molecule has 9 heterocycles. The van der Waals surface area contributed by atoms with Gasteiger partial charge in [0, 0.05) is 119 Å². The van der Waals surface area contributed by atoms with Gasteiger partial charge in [-0.05, 0) is 293 Å². The second-order valence-corrected chi connectivity index (χ2v) is 34.2. The summed E-state index contributed by atoms with van der Waals surface area (Å²) >= 11 is 10.1. The van der Waals surface area contributed by atoms with Crippen LogP contribution in [0.15, 0.2) is 211 Å². The van der Waals surface area contributed by atoms with E-state index in [1.165, 1.54) is 248 Å². The summed E-state index contributed by atoms with van der Waals surface area (Å²) < 4.78 is 28.4. The lowest BCUT2D eigenvalue weighted by Crippen LogP contribution is -2.39. The summed E-state index contributed by atoms with van der Waals surface area (Å²) in [5.41, 5.74) is 32.1. The number of ether oxygens (including phenoxy) is 1. The number of para-hydroxylation sites is 1. The normalized spacial score (nSPS) is 21.1. The lowest BCUT2D eigenvalue weighted by atomic mass is 9.66. The van der Waals surface area contributed by atoms with Crippen LogP contribution < -0.4 is 19.4 Å². The molecule has 3 atom stereocenters. The third-order valence-corrected chi connectivity index (χ3v) is 26.8. The molecular formula is C99H104BrClFN6O+3. The number of aryl methyl sites for hydroxylation is 6. The first kappa shape index (κ1) is 72.7. The summed E-state index contributed by atoms with van der Waals surface area (Å²) in [7, 11) is 8.36. The maximum atomic E-state index is 14.9. The Hall–Kier alpha value is -9.15. The van der Waals surface area contributed by atoms with Crippen LogP contribution in [0.4, 0.5) is 38.5 Å². The zero-order valence-corrected chi connectivity index (χ0v) is 67.0. The zero-order valence-electron chi connectivity index (χ0n) is 64.6.